The number of thioether (sulfide) groups is 1. The molecule has 1 saturated heterocycles. The van der Waals surface area contributed by atoms with Crippen LogP contribution in [0.25, 0.3) is 17.4 Å². The van der Waals surface area contributed by atoms with Crippen molar-refractivity contribution in [1.82, 2.24) is 5.32 Å². The zero-order chi connectivity index (χ0) is 21.3. The van der Waals surface area contributed by atoms with Crippen LogP contribution in [0.5, 0.6) is 0 Å². The predicted molar refractivity (Wildman–Crippen MR) is 111 cm³/mol. The van der Waals surface area contributed by atoms with Gasteiger partial charge in [0.2, 0.25) is 0 Å². The van der Waals surface area contributed by atoms with Gasteiger partial charge in [-0.1, -0.05) is 35.9 Å². The molecule has 0 bridgehead atoms. The minimum Gasteiger partial charge on any atom is -0.457 e. The lowest BCUT2D eigenvalue weighted by Gasteiger charge is -2.07. The molecule has 1 aromatic heterocycles. The highest BCUT2D eigenvalue weighted by Crippen LogP contribution is 2.34. The summed E-state index contributed by atoms with van der Waals surface area (Å²) in [6.07, 6.45) is -2.93. The van der Waals surface area contributed by atoms with Gasteiger partial charge in [0.15, 0.2) is 5.17 Å². The monoisotopic (exact) mass is 448 g/mol. The Bertz CT molecular complexity index is 1180. The van der Waals surface area contributed by atoms with E-state index < -0.39 is 11.7 Å². The van der Waals surface area contributed by atoms with Crippen molar-refractivity contribution < 1.29 is 22.4 Å². The van der Waals surface area contributed by atoms with Crippen LogP contribution in [0, 0.1) is 0 Å². The van der Waals surface area contributed by atoms with Crippen LogP contribution >= 0.6 is 23.4 Å². The second kappa shape index (κ2) is 8.04. The number of alkyl halides is 3. The molecule has 0 saturated carbocycles. The standard InChI is InChI=1S/C21H12ClF3N2O2S/c22-15-6-1-2-7-16(15)26-20-27-19(28)18(30-20)11-14-8-9-17(29-14)12-4-3-5-13(10-12)21(23,24)25/h1-11H,(H,26,27,28). The van der Waals surface area contributed by atoms with Crippen LogP contribution in [0.2, 0.25) is 5.02 Å². The first-order valence-corrected chi connectivity index (χ1v) is 9.80. The van der Waals surface area contributed by atoms with Gasteiger partial charge in [0.1, 0.15) is 11.5 Å². The van der Waals surface area contributed by atoms with E-state index in [2.05, 4.69) is 10.3 Å². The molecule has 0 radical (unpaired) electrons. The van der Waals surface area contributed by atoms with E-state index >= 15 is 0 Å². The molecule has 152 valence electrons. The summed E-state index contributed by atoms with van der Waals surface area (Å²) in [5.41, 5.74) is 0.0504. The zero-order valence-electron chi connectivity index (χ0n) is 15.0. The van der Waals surface area contributed by atoms with E-state index in [0.29, 0.717) is 32.1 Å². The van der Waals surface area contributed by atoms with Crippen molar-refractivity contribution in [1.29, 1.82) is 0 Å². The van der Waals surface area contributed by atoms with Crippen molar-refractivity contribution >= 4 is 46.2 Å². The van der Waals surface area contributed by atoms with Crippen molar-refractivity contribution in [3.8, 4) is 11.3 Å². The lowest BCUT2D eigenvalue weighted by molar-refractivity contribution is -0.137. The van der Waals surface area contributed by atoms with Gasteiger partial charge in [-0.3, -0.25) is 4.79 Å². The number of aliphatic imine (C=N–C) groups is 1. The molecule has 30 heavy (non-hydrogen) atoms. The van der Waals surface area contributed by atoms with Crippen LogP contribution in [0.3, 0.4) is 0 Å². The molecule has 1 aliphatic rings. The number of para-hydroxylation sites is 1. The number of carbonyl (C=O) groups excluding carboxylic acids is 1. The summed E-state index contributed by atoms with van der Waals surface area (Å²) in [7, 11) is 0. The Morgan fingerprint density at radius 1 is 1.07 bits per heavy atom. The van der Waals surface area contributed by atoms with E-state index in [9.17, 15) is 18.0 Å². The average Bonchev–Trinajstić information content (AvgIpc) is 3.30. The number of amidine groups is 1. The minimum atomic E-state index is -4.44. The van der Waals surface area contributed by atoms with E-state index in [1.807, 2.05) is 0 Å². The lowest BCUT2D eigenvalue weighted by Crippen LogP contribution is -2.19. The molecule has 0 atom stereocenters. The SMILES string of the molecule is O=C1NC(=Nc2ccccc2Cl)SC1=Cc1ccc(-c2cccc(C(F)(F)F)c2)o1. The molecule has 2 aromatic carbocycles. The van der Waals surface area contributed by atoms with E-state index in [-0.39, 0.29) is 11.7 Å². The van der Waals surface area contributed by atoms with Gasteiger partial charge in [0, 0.05) is 11.6 Å². The minimum absolute atomic E-state index is 0.265. The van der Waals surface area contributed by atoms with Crippen molar-refractivity contribution in [2.45, 2.75) is 6.18 Å². The number of amides is 1. The largest absolute Gasteiger partial charge is 0.457 e. The van der Waals surface area contributed by atoms with Crippen molar-refractivity contribution in [3.05, 3.63) is 81.9 Å². The number of nitrogens with one attached hydrogen (secondary N) is 1. The van der Waals surface area contributed by atoms with Gasteiger partial charge in [-0.25, -0.2) is 4.99 Å². The normalized spacial score (nSPS) is 17.0. The highest BCUT2D eigenvalue weighted by molar-refractivity contribution is 8.18. The van der Waals surface area contributed by atoms with Crippen LogP contribution < -0.4 is 5.32 Å². The number of rotatable bonds is 3. The third-order valence-corrected chi connectivity index (χ3v) is 5.33. The number of carbonyl (C=O) groups is 1. The summed E-state index contributed by atoms with van der Waals surface area (Å²) in [5, 5.41) is 3.46. The number of benzene rings is 2. The molecule has 1 fully saturated rings. The van der Waals surface area contributed by atoms with Crippen molar-refractivity contribution in [3.63, 3.8) is 0 Å². The first kappa shape index (κ1) is 20.3. The molecule has 4 rings (SSSR count). The summed E-state index contributed by atoms with van der Waals surface area (Å²) in [6, 6.07) is 15.0. The Morgan fingerprint density at radius 2 is 1.87 bits per heavy atom. The summed E-state index contributed by atoms with van der Waals surface area (Å²) >= 11 is 7.19. The topological polar surface area (TPSA) is 54.6 Å². The zero-order valence-corrected chi connectivity index (χ0v) is 16.6. The predicted octanol–water partition coefficient (Wildman–Crippen LogP) is 6.51. The van der Waals surface area contributed by atoms with Crippen molar-refractivity contribution in [2.24, 2.45) is 4.99 Å². The molecule has 0 unspecified atom stereocenters. The first-order chi connectivity index (χ1) is 14.3. The third-order valence-electron chi connectivity index (χ3n) is 4.10. The second-order valence-corrected chi connectivity index (χ2v) is 7.65. The Morgan fingerprint density at radius 3 is 2.63 bits per heavy atom. The van der Waals surface area contributed by atoms with Crippen LogP contribution in [-0.2, 0) is 11.0 Å². The van der Waals surface area contributed by atoms with E-state index in [1.54, 1.807) is 36.4 Å². The van der Waals surface area contributed by atoms with Gasteiger partial charge in [-0.15, -0.1) is 0 Å². The summed E-state index contributed by atoms with van der Waals surface area (Å²) in [6.45, 7) is 0. The van der Waals surface area contributed by atoms with E-state index in [4.69, 9.17) is 16.0 Å². The van der Waals surface area contributed by atoms with Gasteiger partial charge < -0.3 is 9.73 Å². The molecule has 1 N–H and O–H groups in total. The fraction of sp³-hybridized carbons (Fsp3) is 0.0476. The number of nitrogens with zero attached hydrogens (tertiary/aromatic N) is 1. The van der Waals surface area contributed by atoms with Crippen LogP contribution in [0.15, 0.2) is 75.0 Å². The summed E-state index contributed by atoms with van der Waals surface area (Å²) in [4.78, 5) is 16.9. The highest BCUT2D eigenvalue weighted by Gasteiger charge is 2.30. The smallest absolute Gasteiger partial charge is 0.416 e. The Labute approximate surface area is 178 Å². The molecule has 3 aromatic rings. The molecule has 2 heterocycles. The molecule has 0 aliphatic carbocycles. The van der Waals surface area contributed by atoms with Gasteiger partial charge in [0.25, 0.3) is 5.91 Å². The van der Waals surface area contributed by atoms with E-state index in [0.717, 1.165) is 23.9 Å². The van der Waals surface area contributed by atoms with Crippen LogP contribution in [0.1, 0.15) is 11.3 Å². The maximum atomic E-state index is 12.9. The quantitative estimate of drug-likeness (QED) is 0.465. The molecule has 0 spiro atoms. The van der Waals surface area contributed by atoms with Gasteiger partial charge >= 0.3 is 6.18 Å². The number of halogens is 4. The maximum Gasteiger partial charge on any atom is 0.416 e. The molecule has 9 heteroatoms. The Balaban J connectivity index is 1.56. The van der Waals surface area contributed by atoms with Gasteiger partial charge in [0.05, 0.1) is 21.2 Å². The molecule has 4 nitrogen and oxygen atoms in total. The first-order valence-electron chi connectivity index (χ1n) is 8.61. The second-order valence-electron chi connectivity index (χ2n) is 6.21. The number of hydrogen-bond donors (Lipinski definition) is 1. The van der Waals surface area contributed by atoms with Crippen molar-refractivity contribution in [2.75, 3.05) is 0 Å². The fourth-order valence-corrected chi connectivity index (χ4v) is 3.69. The lowest BCUT2D eigenvalue weighted by atomic mass is 10.1. The van der Waals surface area contributed by atoms with Crippen LogP contribution in [-0.4, -0.2) is 11.1 Å². The number of hydrogen-bond acceptors (Lipinski definition) is 4. The Kier molecular flexibility index (Phi) is 5.44. The average molecular weight is 449 g/mol. The highest BCUT2D eigenvalue weighted by atomic mass is 35.5. The molecular weight excluding hydrogens is 437 g/mol. The molecule has 1 aliphatic heterocycles. The third kappa shape index (κ3) is 4.44. The van der Waals surface area contributed by atoms with Gasteiger partial charge in [-0.2, -0.15) is 13.2 Å². The summed E-state index contributed by atoms with van der Waals surface area (Å²) in [5.74, 6) is 0.239. The Hall–Kier alpha value is -2.97. The molecule has 1 amide bonds. The van der Waals surface area contributed by atoms with E-state index in [1.165, 1.54) is 18.2 Å². The fourth-order valence-electron chi connectivity index (χ4n) is 2.70. The van der Waals surface area contributed by atoms with Gasteiger partial charge in [-0.05, 0) is 48.2 Å². The van der Waals surface area contributed by atoms with Crippen LogP contribution in [0.4, 0.5) is 18.9 Å². The number of furan rings is 1. The molecular formula is C21H12ClF3N2O2S. The maximum absolute atomic E-state index is 12.9. The summed E-state index contributed by atoms with van der Waals surface area (Å²) < 4.78 is 44.4.